The fraction of sp³-hybridized carbons (Fsp3) is 0.643. The molecule has 2 aromatic rings. The van der Waals surface area contributed by atoms with E-state index >= 15 is 0 Å². The van der Waals surface area contributed by atoms with Crippen molar-refractivity contribution in [3.05, 3.63) is 18.0 Å². The molecule has 0 aliphatic carbocycles. The van der Waals surface area contributed by atoms with Crippen LogP contribution in [-0.4, -0.2) is 68.6 Å². The number of hydrogen-bond donors (Lipinski definition) is 1. The quantitative estimate of drug-likeness (QED) is 0.878. The van der Waals surface area contributed by atoms with Crippen molar-refractivity contribution in [2.45, 2.75) is 26.3 Å². The number of hydrogen-bond acceptors (Lipinski definition) is 6. The Morgan fingerprint density at radius 1 is 1.19 bits per heavy atom. The molecular formula is C14H22N6O. The first-order valence-electron chi connectivity index (χ1n) is 7.48. The molecule has 1 N–H and O–H groups in total. The van der Waals surface area contributed by atoms with E-state index in [0.29, 0.717) is 0 Å². The molecule has 114 valence electrons. The first-order valence-corrected chi connectivity index (χ1v) is 7.48. The summed E-state index contributed by atoms with van der Waals surface area (Å²) < 4.78 is 1.60. The lowest BCUT2D eigenvalue weighted by Crippen LogP contribution is -2.38. The molecule has 0 amide bonds. The van der Waals surface area contributed by atoms with Crippen LogP contribution in [0.25, 0.3) is 5.65 Å². The van der Waals surface area contributed by atoms with Crippen LogP contribution in [0.1, 0.15) is 19.2 Å². The Balaban J connectivity index is 1.76. The van der Waals surface area contributed by atoms with Gasteiger partial charge in [-0.15, -0.1) is 14.8 Å². The van der Waals surface area contributed by atoms with Gasteiger partial charge in [-0.3, -0.25) is 4.90 Å². The molecule has 1 saturated heterocycles. The Labute approximate surface area is 124 Å². The highest BCUT2D eigenvalue weighted by molar-refractivity contribution is 5.45. The summed E-state index contributed by atoms with van der Waals surface area (Å²) in [6.45, 7) is 7.99. The summed E-state index contributed by atoms with van der Waals surface area (Å²) >= 11 is 0. The van der Waals surface area contributed by atoms with Crippen LogP contribution in [0.3, 0.4) is 0 Å². The minimum absolute atomic E-state index is 0.211. The largest absolute Gasteiger partial charge is 0.395 e. The van der Waals surface area contributed by atoms with Gasteiger partial charge in [-0.05, 0) is 32.4 Å². The van der Waals surface area contributed by atoms with E-state index in [2.05, 4.69) is 31.9 Å². The van der Waals surface area contributed by atoms with Gasteiger partial charge < -0.3 is 10.0 Å². The van der Waals surface area contributed by atoms with E-state index in [1.54, 1.807) is 4.63 Å². The number of aromatic nitrogens is 4. The number of aliphatic hydroxyl groups is 1. The lowest BCUT2D eigenvalue weighted by molar-refractivity contribution is 0.141. The van der Waals surface area contributed by atoms with Crippen molar-refractivity contribution in [3.8, 4) is 0 Å². The molecule has 2 aromatic heterocycles. The summed E-state index contributed by atoms with van der Waals surface area (Å²) in [7, 11) is 0. The van der Waals surface area contributed by atoms with E-state index in [1.807, 2.05) is 19.1 Å². The van der Waals surface area contributed by atoms with Crippen molar-refractivity contribution >= 4 is 11.5 Å². The third-order valence-electron chi connectivity index (χ3n) is 4.04. The highest BCUT2D eigenvalue weighted by Crippen LogP contribution is 2.15. The van der Waals surface area contributed by atoms with Crippen molar-refractivity contribution in [2.75, 3.05) is 37.7 Å². The average Bonchev–Trinajstić information content (AvgIpc) is 2.71. The number of anilines is 1. The highest BCUT2D eigenvalue weighted by atomic mass is 16.3. The number of aliphatic hydroxyl groups excluding tert-OH is 1. The minimum Gasteiger partial charge on any atom is -0.395 e. The Morgan fingerprint density at radius 2 is 2.05 bits per heavy atom. The zero-order valence-electron chi connectivity index (χ0n) is 12.6. The predicted molar refractivity (Wildman–Crippen MR) is 80.5 cm³/mol. The van der Waals surface area contributed by atoms with Gasteiger partial charge in [0.15, 0.2) is 11.5 Å². The molecule has 0 radical (unpaired) electrons. The molecule has 3 rings (SSSR count). The first-order chi connectivity index (χ1) is 10.2. The maximum Gasteiger partial charge on any atom is 0.176 e. The molecule has 1 aliphatic heterocycles. The normalized spacial score (nSPS) is 18.9. The number of aryl methyl sites for hydroxylation is 1. The van der Waals surface area contributed by atoms with Gasteiger partial charge in [-0.1, -0.05) is 0 Å². The number of rotatable bonds is 3. The fourth-order valence-electron chi connectivity index (χ4n) is 2.77. The molecule has 0 saturated carbocycles. The van der Waals surface area contributed by atoms with Crippen LogP contribution in [0.4, 0.5) is 5.82 Å². The van der Waals surface area contributed by atoms with Crippen molar-refractivity contribution in [1.29, 1.82) is 0 Å². The van der Waals surface area contributed by atoms with E-state index in [0.717, 1.165) is 49.9 Å². The van der Waals surface area contributed by atoms with Crippen molar-refractivity contribution in [2.24, 2.45) is 0 Å². The second kappa shape index (κ2) is 5.95. The molecule has 1 fully saturated rings. The monoisotopic (exact) mass is 290 g/mol. The maximum absolute atomic E-state index is 9.30. The van der Waals surface area contributed by atoms with Gasteiger partial charge in [0.1, 0.15) is 5.82 Å². The molecule has 0 spiro atoms. The minimum atomic E-state index is 0.211. The van der Waals surface area contributed by atoms with Gasteiger partial charge in [-0.25, -0.2) is 4.98 Å². The molecular weight excluding hydrogens is 268 g/mol. The SMILES string of the molecule is Cc1nc2ccc(N3CCCN(C(C)CO)CC3)nn2n1. The molecule has 1 atom stereocenters. The highest BCUT2D eigenvalue weighted by Gasteiger charge is 2.19. The standard InChI is InChI=1S/C14H22N6O/c1-11(10-21)18-6-3-7-19(9-8-18)14-5-4-13-15-12(2)16-20(13)17-14/h4-5,11,21H,3,6-10H2,1-2H3. The number of nitrogens with zero attached hydrogens (tertiary/aromatic N) is 6. The summed E-state index contributed by atoms with van der Waals surface area (Å²) in [6.07, 6.45) is 1.07. The van der Waals surface area contributed by atoms with Crippen LogP contribution < -0.4 is 4.90 Å². The summed E-state index contributed by atoms with van der Waals surface area (Å²) in [5, 5.41) is 18.1. The van der Waals surface area contributed by atoms with Gasteiger partial charge in [-0.2, -0.15) is 0 Å². The van der Waals surface area contributed by atoms with E-state index in [1.165, 1.54) is 0 Å². The lowest BCUT2D eigenvalue weighted by atomic mass is 10.3. The average molecular weight is 290 g/mol. The molecule has 1 unspecified atom stereocenters. The Bertz CT molecular complexity index is 613. The molecule has 0 bridgehead atoms. The second-order valence-electron chi connectivity index (χ2n) is 5.61. The Morgan fingerprint density at radius 3 is 2.86 bits per heavy atom. The summed E-state index contributed by atoms with van der Waals surface area (Å²) in [4.78, 5) is 8.91. The van der Waals surface area contributed by atoms with Gasteiger partial charge in [0.2, 0.25) is 0 Å². The van der Waals surface area contributed by atoms with Gasteiger partial charge in [0.05, 0.1) is 6.61 Å². The maximum atomic E-state index is 9.30. The lowest BCUT2D eigenvalue weighted by Gasteiger charge is -2.26. The molecule has 1 aliphatic rings. The van der Waals surface area contributed by atoms with Crippen LogP contribution in [0.15, 0.2) is 12.1 Å². The molecule has 7 heteroatoms. The number of fused-ring (bicyclic) bond motifs is 1. The molecule has 21 heavy (non-hydrogen) atoms. The van der Waals surface area contributed by atoms with E-state index in [9.17, 15) is 5.11 Å². The zero-order chi connectivity index (χ0) is 14.8. The van der Waals surface area contributed by atoms with E-state index in [-0.39, 0.29) is 12.6 Å². The van der Waals surface area contributed by atoms with Crippen LogP contribution in [-0.2, 0) is 0 Å². The molecule has 0 aromatic carbocycles. The third kappa shape index (κ3) is 2.98. The topological polar surface area (TPSA) is 69.8 Å². The summed E-state index contributed by atoms with van der Waals surface area (Å²) in [5.41, 5.74) is 0.779. The predicted octanol–water partition coefficient (Wildman–Crippen LogP) is 0.326. The van der Waals surface area contributed by atoms with Crippen LogP contribution in [0, 0.1) is 6.92 Å². The van der Waals surface area contributed by atoms with E-state index < -0.39 is 0 Å². The third-order valence-corrected chi connectivity index (χ3v) is 4.04. The van der Waals surface area contributed by atoms with Crippen molar-refractivity contribution < 1.29 is 5.11 Å². The van der Waals surface area contributed by atoms with Gasteiger partial charge >= 0.3 is 0 Å². The smallest absolute Gasteiger partial charge is 0.176 e. The Kier molecular flexibility index (Phi) is 4.03. The Hall–Kier alpha value is -1.73. The molecule has 7 nitrogen and oxygen atoms in total. The first kappa shape index (κ1) is 14.2. The van der Waals surface area contributed by atoms with Crippen LogP contribution >= 0.6 is 0 Å². The summed E-state index contributed by atoms with van der Waals surface area (Å²) in [5.74, 6) is 1.67. The van der Waals surface area contributed by atoms with E-state index in [4.69, 9.17) is 0 Å². The van der Waals surface area contributed by atoms with Gasteiger partial charge in [0, 0.05) is 32.2 Å². The van der Waals surface area contributed by atoms with Crippen molar-refractivity contribution in [3.63, 3.8) is 0 Å². The van der Waals surface area contributed by atoms with Crippen LogP contribution in [0.5, 0.6) is 0 Å². The zero-order valence-corrected chi connectivity index (χ0v) is 12.6. The fourth-order valence-corrected chi connectivity index (χ4v) is 2.77. The van der Waals surface area contributed by atoms with Crippen LogP contribution in [0.2, 0.25) is 0 Å². The van der Waals surface area contributed by atoms with Crippen molar-refractivity contribution in [1.82, 2.24) is 24.7 Å². The molecule has 3 heterocycles. The van der Waals surface area contributed by atoms with Gasteiger partial charge in [0.25, 0.3) is 0 Å². The summed E-state index contributed by atoms with van der Waals surface area (Å²) in [6, 6.07) is 4.19. The second-order valence-corrected chi connectivity index (χ2v) is 5.61.